The lowest BCUT2D eigenvalue weighted by molar-refractivity contribution is 0.0994. The number of ether oxygens (including phenoxy) is 2. The third kappa shape index (κ3) is 4.38. The van der Waals surface area contributed by atoms with E-state index < -0.39 is 11.7 Å². The number of carbonyl (C=O) groups excluding carboxylic acids is 1. The van der Waals surface area contributed by atoms with Gasteiger partial charge in [-0.15, -0.1) is 0 Å². The number of carbonyl (C=O) groups is 1. The van der Waals surface area contributed by atoms with Crippen LogP contribution in [0.3, 0.4) is 0 Å². The summed E-state index contributed by atoms with van der Waals surface area (Å²) in [5.41, 5.74) is 1.45. The smallest absolute Gasteiger partial charge is 0.293 e. The van der Waals surface area contributed by atoms with Gasteiger partial charge in [-0.3, -0.25) is 9.20 Å². The molecule has 1 N–H and O–H groups in total. The lowest BCUT2D eigenvalue weighted by Gasteiger charge is -2.06. The molecule has 3 aromatic heterocycles. The van der Waals surface area contributed by atoms with Crippen molar-refractivity contribution in [2.45, 2.75) is 13.8 Å². The summed E-state index contributed by atoms with van der Waals surface area (Å²) in [5.74, 6) is 0.477. The van der Waals surface area contributed by atoms with E-state index in [0.29, 0.717) is 47.7 Å². The summed E-state index contributed by atoms with van der Waals surface area (Å²) < 4.78 is 32.0. The first kappa shape index (κ1) is 20.5. The maximum absolute atomic E-state index is 14.5. The van der Waals surface area contributed by atoms with Gasteiger partial charge in [-0.05, 0) is 25.1 Å². The number of methoxy groups -OCH3 is 1. The molecule has 0 saturated carbocycles. The molecule has 1 amide bonds. The fourth-order valence-electron chi connectivity index (χ4n) is 3.04. The third-order valence-electron chi connectivity index (χ3n) is 4.45. The van der Waals surface area contributed by atoms with Crippen LogP contribution in [0.2, 0.25) is 0 Å². The Morgan fingerprint density at radius 2 is 2.06 bits per heavy atom. The van der Waals surface area contributed by atoms with Crippen molar-refractivity contribution in [3.05, 3.63) is 60.0 Å². The zero-order valence-corrected chi connectivity index (χ0v) is 17.2. The Labute approximate surface area is 176 Å². The third-order valence-corrected chi connectivity index (χ3v) is 4.45. The highest BCUT2D eigenvalue weighted by molar-refractivity contribution is 6.03. The van der Waals surface area contributed by atoms with Crippen LogP contribution in [0.15, 0.2) is 41.2 Å². The summed E-state index contributed by atoms with van der Waals surface area (Å²) in [5, 5.41) is 2.70. The van der Waals surface area contributed by atoms with Gasteiger partial charge in [0.25, 0.3) is 5.91 Å². The highest BCUT2D eigenvalue weighted by Crippen LogP contribution is 2.26. The highest BCUT2D eigenvalue weighted by Gasteiger charge is 2.18. The maximum Gasteiger partial charge on any atom is 0.293 e. The van der Waals surface area contributed by atoms with Crippen molar-refractivity contribution in [2.75, 3.05) is 25.6 Å². The Morgan fingerprint density at radius 3 is 2.81 bits per heavy atom. The number of hydrogen-bond acceptors (Lipinski definition) is 7. The van der Waals surface area contributed by atoms with Crippen molar-refractivity contribution >= 4 is 17.4 Å². The van der Waals surface area contributed by atoms with Crippen molar-refractivity contribution < 1.29 is 23.1 Å². The van der Waals surface area contributed by atoms with E-state index in [2.05, 4.69) is 20.3 Å². The summed E-state index contributed by atoms with van der Waals surface area (Å²) in [6, 6.07) is 4.23. The van der Waals surface area contributed by atoms with Crippen LogP contribution in [0.25, 0.3) is 17.0 Å². The van der Waals surface area contributed by atoms with Gasteiger partial charge in [-0.25, -0.2) is 19.3 Å². The van der Waals surface area contributed by atoms with Crippen molar-refractivity contribution in [1.29, 1.82) is 0 Å². The van der Waals surface area contributed by atoms with E-state index in [1.807, 2.05) is 0 Å². The van der Waals surface area contributed by atoms with Crippen LogP contribution in [0.5, 0.6) is 5.75 Å². The zero-order chi connectivity index (χ0) is 22.0. The largest absolute Gasteiger partial charge is 0.488 e. The molecule has 1 aromatic carbocycles. The van der Waals surface area contributed by atoms with Crippen molar-refractivity contribution in [1.82, 2.24) is 19.4 Å². The summed E-state index contributed by atoms with van der Waals surface area (Å²) in [6.45, 7) is 4.17. The number of aromatic nitrogens is 4. The number of fused-ring (bicyclic) bond motifs is 1. The summed E-state index contributed by atoms with van der Waals surface area (Å²) >= 11 is 0. The molecule has 0 fully saturated rings. The Bertz CT molecular complexity index is 1250. The first-order valence-electron chi connectivity index (χ1n) is 9.46. The van der Waals surface area contributed by atoms with E-state index in [4.69, 9.17) is 13.9 Å². The minimum absolute atomic E-state index is 0.112. The van der Waals surface area contributed by atoms with Crippen LogP contribution < -0.4 is 10.1 Å². The molecule has 3 heterocycles. The van der Waals surface area contributed by atoms with Gasteiger partial charge in [0.05, 0.1) is 30.4 Å². The monoisotopic (exact) mass is 425 g/mol. The number of rotatable bonds is 7. The number of anilines is 1. The van der Waals surface area contributed by atoms with Crippen LogP contribution in [0.4, 0.5) is 10.1 Å². The van der Waals surface area contributed by atoms with Gasteiger partial charge in [0.1, 0.15) is 12.4 Å². The Morgan fingerprint density at radius 1 is 1.23 bits per heavy atom. The van der Waals surface area contributed by atoms with Gasteiger partial charge >= 0.3 is 0 Å². The number of benzene rings is 1. The van der Waals surface area contributed by atoms with Gasteiger partial charge < -0.3 is 19.2 Å². The molecule has 0 bridgehead atoms. The Hall–Kier alpha value is -3.79. The Kier molecular flexibility index (Phi) is 5.63. The predicted molar refractivity (Wildman–Crippen MR) is 110 cm³/mol. The number of oxazole rings is 1. The summed E-state index contributed by atoms with van der Waals surface area (Å²) in [4.78, 5) is 25.2. The molecular weight excluding hydrogens is 405 g/mol. The average molecular weight is 425 g/mol. The van der Waals surface area contributed by atoms with Crippen molar-refractivity contribution in [3.63, 3.8) is 0 Å². The molecule has 0 radical (unpaired) electrons. The predicted octanol–water partition coefficient (Wildman–Crippen LogP) is 3.42. The maximum atomic E-state index is 14.5. The minimum Gasteiger partial charge on any atom is -0.488 e. The molecule has 0 spiro atoms. The molecule has 10 heteroatoms. The van der Waals surface area contributed by atoms with Crippen LogP contribution in [0.1, 0.15) is 22.1 Å². The second kappa shape index (κ2) is 8.52. The second-order valence-corrected chi connectivity index (χ2v) is 6.76. The number of hydrogen-bond donors (Lipinski definition) is 1. The van der Waals surface area contributed by atoms with Gasteiger partial charge in [-0.2, -0.15) is 0 Å². The number of aryl methyl sites for hydroxylation is 2. The first-order valence-corrected chi connectivity index (χ1v) is 9.46. The van der Waals surface area contributed by atoms with Gasteiger partial charge in [0, 0.05) is 31.5 Å². The van der Waals surface area contributed by atoms with E-state index in [-0.39, 0.29) is 11.3 Å². The molecule has 0 atom stereocenters. The molecule has 4 rings (SSSR count). The average Bonchev–Trinajstić information content (AvgIpc) is 3.31. The lowest BCUT2D eigenvalue weighted by Crippen LogP contribution is -2.12. The number of nitrogens with zero attached hydrogens (tertiary/aromatic N) is 4. The van der Waals surface area contributed by atoms with Crippen molar-refractivity contribution in [3.8, 4) is 17.0 Å². The SMILES string of the molecule is COCCOc1cnc2nc(-c3cc(NC(=O)c4oc(C)nc4C)ccc3F)cn2c1. The van der Waals surface area contributed by atoms with Gasteiger partial charge in [0.2, 0.25) is 11.5 Å². The quantitative estimate of drug-likeness (QED) is 0.453. The molecule has 0 aliphatic heterocycles. The minimum atomic E-state index is -0.482. The highest BCUT2D eigenvalue weighted by atomic mass is 19.1. The van der Waals surface area contributed by atoms with Crippen LogP contribution in [0, 0.1) is 19.7 Å². The number of amides is 1. The lowest BCUT2D eigenvalue weighted by atomic mass is 10.1. The van der Waals surface area contributed by atoms with Crippen LogP contribution in [-0.4, -0.2) is 45.6 Å². The molecule has 160 valence electrons. The van der Waals surface area contributed by atoms with E-state index in [1.54, 1.807) is 37.8 Å². The zero-order valence-electron chi connectivity index (χ0n) is 17.2. The van der Waals surface area contributed by atoms with Crippen molar-refractivity contribution in [2.24, 2.45) is 0 Å². The standard InChI is InChI=1S/C21H20FN5O4/c1-12-19(31-13(2)24-12)20(28)25-14-4-5-17(22)16(8-14)18-11-27-10-15(30-7-6-29-3)9-23-21(27)26-18/h4-5,8-11H,6-7H2,1-3H3,(H,25,28). The molecule has 4 aromatic rings. The molecule has 0 aliphatic rings. The van der Waals surface area contributed by atoms with E-state index >= 15 is 0 Å². The normalized spacial score (nSPS) is 11.1. The van der Waals surface area contributed by atoms with Crippen LogP contribution in [-0.2, 0) is 4.74 Å². The van der Waals surface area contributed by atoms with Gasteiger partial charge in [0.15, 0.2) is 11.6 Å². The first-order chi connectivity index (χ1) is 14.9. The van der Waals surface area contributed by atoms with E-state index in [0.717, 1.165) is 0 Å². The van der Waals surface area contributed by atoms with Gasteiger partial charge in [-0.1, -0.05) is 0 Å². The number of imidazole rings is 1. The van der Waals surface area contributed by atoms with E-state index in [1.165, 1.54) is 24.4 Å². The Balaban J connectivity index is 1.59. The molecule has 0 saturated heterocycles. The number of nitrogens with one attached hydrogen (secondary N) is 1. The second-order valence-electron chi connectivity index (χ2n) is 6.76. The molecule has 0 aliphatic carbocycles. The number of halogens is 1. The summed E-state index contributed by atoms with van der Waals surface area (Å²) in [7, 11) is 1.59. The fraction of sp³-hybridized carbons (Fsp3) is 0.238. The molecular formula is C21H20FN5O4. The molecule has 9 nitrogen and oxygen atoms in total. The molecule has 0 unspecified atom stereocenters. The fourth-order valence-corrected chi connectivity index (χ4v) is 3.04. The van der Waals surface area contributed by atoms with Crippen LogP contribution >= 0.6 is 0 Å². The molecule has 31 heavy (non-hydrogen) atoms. The van der Waals surface area contributed by atoms with E-state index in [9.17, 15) is 9.18 Å². The topological polar surface area (TPSA) is 104 Å². The summed E-state index contributed by atoms with van der Waals surface area (Å²) in [6.07, 6.45) is 4.88.